The van der Waals surface area contributed by atoms with Crippen molar-refractivity contribution in [3.8, 4) is 11.8 Å². The number of hydrogen-bond donors (Lipinski definition) is 1. The SMILES string of the molecule is N#C/C(=C\c1cc(Cl)c(OCc2ccc(Cl)cc2)c(Cl)c1)C(=O)Nc1c(Cl)cc([N+](=O)[O-])cc1Cl. The number of nitrogens with zero attached hydrogens (tertiary/aromatic N) is 2. The standard InChI is InChI=1S/C23H12Cl5N3O4/c24-15-3-1-12(2-4-15)11-35-22-19(27)6-13(7-20(22)28)5-14(10-29)23(32)30-21-17(25)8-16(31(33)34)9-18(21)26/h1-9H,11H2,(H,30,32)/b14-5+. The van der Waals surface area contributed by atoms with Gasteiger partial charge in [-0.05, 0) is 41.5 Å². The molecule has 0 saturated carbocycles. The number of benzene rings is 3. The molecule has 3 aromatic carbocycles. The quantitative estimate of drug-likeness (QED) is 0.134. The van der Waals surface area contributed by atoms with Crippen LogP contribution in [0.25, 0.3) is 6.08 Å². The Bertz CT molecular complexity index is 1340. The molecule has 3 aromatic rings. The van der Waals surface area contributed by atoms with Crippen molar-refractivity contribution in [1.29, 1.82) is 5.26 Å². The summed E-state index contributed by atoms with van der Waals surface area (Å²) >= 11 is 30.5. The number of amides is 1. The molecule has 0 heterocycles. The molecule has 0 unspecified atom stereocenters. The van der Waals surface area contributed by atoms with E-state index in [1.807, 2.05) is 0 Å². The van der Waals surface area contributed by atoms with Crippen molar-refractivity contribution in [3.63, 3.8) is 0 Å². The smallest absolute Gasteiger partial charge is 0.272 e. The Balaban J connectivity index is 1.80. The predicted molar refractivity (Wildman–Crippen MR) is 138 cm³/mol. The van der Waals surface area contributed by atoms with E-state index in [-0.39, 0.29) is 49.4 Å². The highest BCUT2D eigenvalue weighted by molar-refractivity contribution is 6.40. The van der Waals surface area contributed by atoms with Crippen molar-refractivity contribution >= 4 is 81.4 Å². The van der Waals surface area contributed by atoms with Crippen LogP contribution in [-0.2, 0) is 11.4 Å². The van der Waals surface area contributed by atoms with E-state index in [1.54, 1.807) is 30.3 Å². The third-order valence-electron chi connectivity index (χ3n) is 4.47. The number of nitro benzene ring substituents is 1. The van der Waals surface area contributed by atoms with Crippen molar-refractivity contribution in [2.75, 3.05) is 5.32 Å². The summed E-state index contributed by atoms with van der Waals surface area (Å²) in [6, 6.07) is 13.8. The van der Waals surface area contributed by atoms with Crippen molar-refractivity contribution in [1.82, 2.24) is 0 Å². The van der Waals surface area contributed by atoms with Gasteiger partial charge >= 0.3 is 0 Å². The van der Waals surface area contributed by atoms with Crippen LogP contribution in [0, 0.1) is 21.4 Å². The maximum absolute atomic E-state index is 12.6. The van der Waals surface area contributed by atoms with Crippen LogP contribution in [-0.4, -0.2) is 10.8 Å². The molecule has 0 fully saturated rings. The Morgan fingerprint density at radius 3 is 2.09 bits per heavy atom. The Kier molecular flexibility index (Phi) is 8.84. The van der Waals surface area contributed by atoms with E-state index in [0.717, 1.165) is 17.7 Å². The fourth-order valence-corrected chi connectivity index (χ4v) is 4.13. The van der Waals surface area contributed by atoms with Crippen molar-refractivity contribution < 1.29 is 14.5 Å². The fraction of sp³-hybridized carbons (Fsp3) is 0.0435. The van der Waals surface area contributed by atoms with Gasteiger partial charge in [0.15, 0.2) is 5.75 Å². The largest absolute Gasteiger partial charge is 0.486 e. The number of halogens is 5. The second kappa shape index (κ2) is 11.6. The lowest BCUT2D eigenvalue weighted by Crippen LogP contribution is -2.14. The van der Waals surface area contributed by atoms with E-state index in [9.17, 15) is 20.2 Å². The molecule has 1 N–H and O–H groups in total. The molecule has 0 atom stereocenters. The molecule has 0 spiro atoms. The Labute approximate surface area is 224 Å². The number of ether oxygens (including phenoxy) is 1. The van der Waals surface area contributed by atoms with E-state index in [0.29, 0.717) is 10.6 Å². The van der Waals surface area contributed by atoms with Crippen LogP contribution in [0.1, 0.15) is 11.1 Å². The number of nitro groups is 1. The molecule has 0 saturated heterocycles. The first-order chi connectivity index (χ1) is 16.6. The minimum Gasteiger partial charge on any atom is -0.486 e. The van der Waals surface area contributed by atoms with Crippen LogP contribution in [0.15, 0.2) is 54.1 Å². The first-order valence-electron chi connectivity index (χ1n) is 9.52. The zero-order valence-electron chi connectivity index (χ0n) is 17.3. The molecule has 3 rings (SSSR count). The molecule has 12 heteroatoms. The summed E-state index contributed by atoms with van der Waals surface area (Å²) in [5, 5.41) is 23.4. The van der Waals surface area contributed by atoms with Gasteiger partial charge in [0.1, 0.15) is 18.2 Å². The summed E-state index contributed by atoms with van der Waals surface area (Å²) in [4.78, 5) is 22.9. The molecule has 0 aliphatic rings. The number of rotatable bonds is 7. The summed E-state index contributed by atoms with van der Waals surface area (Å²) < 4.78 is 5.71. The lowest BCUT2D eigenvalue weighted by molar-refractivity contribution is -0.384. The van der Waals surface area contributed by atoms with E-state index < -0.39 is 10.8 Å². The number of nitrogens with one attached hydrogen (secondary N) is 1. The van der Waals surface area contributed by atoms with Crippen LogP contribution in [0.4, 0.5) is 11.4 Å². The summed E-state index contributed by atoms with van der Waals surface area (Å²) in [5.74, 6) is -0.617. The number of anilines is 1. The Morgan fingerprint density at radius 2 is 1.57 bits per heavy atom. The van der Waals surface area contributed by atoms with Gasteiger partial charge in [0.05, 0.1) is 30.7 Å². The summed E-state index contributed by atoms with van der Waals surface area (Å²) in [6.07, 6.45) is 1.25. The van der Waals surface area contributed by atoms with Crippen LogP contribution in [0.5, 0.6) is 5.75 Å². The van der Waals surface area contributed by atoms with Crippen LogP contribution in [0.3, 0.4) is 0 Å². The molecule has 0 aliphatic carbocycles. The van der Waals surface area contributed by atoms with Gasteiger partial charge in [0, 0.05) is 17.2 Å². The van der Waals surface area contributed by atoms with Gasteiger partial charge in [-0.3, -0.25) is 14.9 Å². The fourth-order valence-electron chi connectivity index (χ4n) is 2.82. The molecular formula is C23H12Cl5N3O4. The zero-order valence-corrected chi connectivity index (χ0v) is 21.1. The molecule has 0 bridgehead atoms. The van der Waals surface area contributed by atoms with Gasteiger partial charge in [0.2, 0.25) is 0 Å². The normalized spacial score (nSPS) is 11.0. The van der Waals surface area contributed by atoms with Gasteiger partial charge in [-0.25, -0.2) is 0 Å². The first-order valence-corrected chi connectivity index (χ1v) is 11.4. The van der Waals surface area contributed by atoms with Crippen molar-refractivity contribution in [2.45, 2.75) is 6.61 Å². The maximum Gasteiger partial charge on any atom is 0.272 e. The highest BCUT2D eigenvalue weighted by Gasteiger charge is 2.19. The van der Waals surface area contributed by atoms with Crippen LogP contribution < -0.4 is 10.1 Å². The molecule has 0 aliphatic heterocycles. The van der Waals surface area contributed by atoms with E-state index >= 15 is 0 Å². The van der Waals surface area contributed by atoms with Gasteiger partial charge in [-0.2, -0.15) is 5.26 Å². The number of carbonyl (C=O) groups is 1. The molecule has 0 radical (unpaired) electrons. The van der Waals surface area contributed by atoms with Crippen LogP contribution in [0.2, 0.25) is 25.1 Å². The minimum absolute atomic E-state index is 0.0768. The second-order valence-corrected chi connectivity index (χ2v) is 8.96. The third-order valence-corrected chi connectivity index (χ3v) is 5.88. The lowest BCUT2D eigenvalue weighted by Gasteiger charge is -2.12. The maximum atomic E-state index is 12.6. The van der Waals surface area contributed by atoms with E-state index in [2.05, 4.69) is 5.32 Å². The van der Waals surface area contributed by atoms with Gasteiger partial charge in [0.25, 0.3) is 11.6 Å². The second-order valence-electron chi connectivity index (χ2n) is 6.89. The highest BCUT2D eigenvalue weighted by Crippen LogP contribution is 2.37. The van der Waals surface area contributed by atoms with Gasteiger partial charge < -0.3 is 10.1 Å². The number of nitriles is 1. The average molecular weight is 572 g/mol. The zero-order chi connectivity index (χ0) is 25.7. The molecule has 1 amide bonds. The van der Waals surface area contributed by atoms with Gasteiger partial charge in [-0.15, -0.1) is 0 Å². The molecule has 0 aromatic heterocycles. The average Bonchev–Trinajstić information content (AvgIpc) is 2.80. The summed E-state index contributed by atoms with van der Waals surface area (Å²) in [5.41, 5.74) is 0.449. The molecule has 178 valence electrons. The van der Waals surface area contributed by atoms with E-state index in [4.69, 9.17) is 62.7 Å². The highest BCUT2D eigenvalue weighted by atomic mass is 35.5. The molecule has 7 nitrogen and oxygen atoms in total. The monoisotopic (exact) mass is 569 g/mol. The van der Waals surface area contributed by atoms with Crippen molar-refractivity contribution in [3.05, 3.63) is 100 Å². The summed E-state index contributed by atoms with van der Waals surface area (Å²) in [6.45, 7) is 0.189. The number of carbonyl (C=O) groups excluding carboxylic acids is 1. The first kappa shape index (κ1) is 26.6. The van der Waals surface area contributed by atoms with Crippen molar-refractivity contribution in [2.24, 2.45) is 0 Å². The third kappa shape index (κ3) is 6.79. The number of non-ortho nitro benzene ring substituents is 1. The topological polar surface area (TPSA) is 105 Å². The number of hydrogen-bond acceptors (Lipinski definition) is 5. The minimum atomic E-state index is -0.847. The Hall–Kier alpha value is -2.99. The molecule has 35 heavy (non-hydrogen) atoms. The Morgan fingerprint density at radius 1 is 1.00 bits per heavy atom. The van der Waals surface area contributed by atoms with E-state index in [1.165, 1.54) is 18.2 Å². The lowest BCUT2D eigenvalue weighted by atomic mass is 10.1. The molecular weight excluding hydrogens is 560 g/mol. The van der Waals surface area contributed by atoms with Gasteiger partial charge in [-0.1, -0.05) is 70.1 Å². The predicted octanol–water partition coefficient (Wildman–Crippen LogP) is 7.99. The summed E-state index contributed by atoms with van der Waals surface area (Å²) in [7, 11) is 0. The van der Waals surface area contributed by atoms with Crippen LogP contribution >= 0.6 is 58.0 Å².